The Balaban J connectivity index is 1.61. The SMILES string of the molecule is CC1CCC(c2noc(CC(N)C3CC3)n2)C1. The molecule has 1 heterocycles. The molecule has 0 aliphatic heterocycles. The van der Waals surface area contributed by atoms with E-state index in [1.807, 2.05) is 0 Å². The van der Waals surface area contributed by atoms with Gasteiger partial charge in [-0.25, -0.2) is 0 Å². The molecule has 3 rings (SSSR count). The summed E-state index contributed by atoms with van der Waals surface area (Å²) in [6, 6.07) is 0.214. The van der Waals surface area contributed by atoms with Gasteiger partial charge in [0.15, 0.2) is 5.82 Å². The van der Waals surface area contributed by atoms with E-state index in [-0.39, 0.29) is 6.04 Å². The Morgan fingerprint density at radius 1 is 1.35 bits per heavy atom. The highest BCUT2D eigenvalue weighted by molar-refractivity contribution is 5.00. The van der Waals surface area contributed by atoms with E-state index in [4.69, 9.17) is 10.3 Å². The molecule has 2 N–H and O–H groups in total. The summed E-state index contributed by atoms with van der Waals surface area (Å²) in [6.07, 6.45) is 6.98. The second kappa shape index (κ2) is 4.41. The summed E-state index contributed by atoms with van der Waals surface area (Å²) >= 11 is 0. The van der Waals surface area contributed by atoms with E-state index >= 15 is 0 Å². The number of aromatic nitrogens is 2. The molecule has 17 heavy (non-hydrogen) atoms. The quantitative estimate of drug-likeness (QED) is 0.869. The normalized spacial score (nSPS) is 30.7. The Morgan fingerprint density at radius 3 is 2.82 bits per heavy atom. The van der Waals surface area contributed by atoms with E-state index in [2.05, 4.69) is 17.1 Å². The van der Waals surface area contributed by atoms with Crippen LogP contribution in [-0.4, -0.2) is 16.2 Å². The fourth-order valence-electron chi connectivity index (χ4n) is 2.85. The van der Waals surface area contributed by atoms with Crippen LogP contribution in [0.25, 0.3) is 0 Å². The highest BCUT2D eigenvalue weighted by atomic mass is 16.5. The molecule has 94 valence electrons. The fraction of sp³-hybridized carbons (Fsp3) is 0.846. The van der Waals surface area contributed by atoms with E-state index in [0.717, 1.165) is 24.1 Å². The molecule has 1 aromatic heterocycles. The molecule has 3 unspecified atom stereocenters. The summed E-state index contributed by atoms with van der Waals surface area (Å²) in [5, 5.41) is 4.12. The fourth-order valence-corrected chi connectivity index (χ4v) is 2.85. The van der Waals surface area contributed by atoms with Gasteiger partial charge >= 0.3 is 0 Å². The summed E-state index contributed by atoms with van der Waals surface area (Å²) in [4.78, 5) is 4.52. The first-order valence-corrected chi connectivity index (χ1v) is 6.80. The molecule has 2 fully saturated rings. The topological polar surface area (TPSA) is 64.9 Å². The van der Waals surface area contributed by atoms with Crippen molar-refractivity contribution in [2.24, 2.45) is 17.6 Å². The summed E-state index contributed by atoms with van der Waals surface area (Å²) in [6.45, 7) is 2.30. The van der Waals surface area contributed by atoms with Crippen molar-refractivity contribution in [1.29, 1.82) is 0 Å². The lowest BCUT2D eigenvalue weighted by atomic mass is 10.1. The van der Waals surface area contributed by atoms with E-state index in [0.29, 0.717) is 11.8 Å². The number of rotatable bonds is 4. The van der Waals surface area contributed by atoms with Gasteiger partial charge in [0.05, 0.1) is 0 Å². The van der Waals surface area contributed by atoms with Crippen molar-refractivity contribution in [3.63, 3.8) is 0 Å². The maximum Gasteiger partial charge on any atom is 0.228 e. The largest absolute Gasteiger partial charge is 0.339 e. The zero-order chi connectivity index (χ0) is 11.8. The van der Waals surface area contributed by atoms with Crippen LogP contribution in [0.4, 0.5) is 0 Å². The van der Waals surface area contributed by atoms with E-state index in [1.165, 1.54) is 32.1 Å². The van der Waals surface area contributed by atoms with Gasteiger partial charge in [-0.2, -0.15) is 4.98 Å². The van der Waals surface area contributed by atoms with Crippen molar-refractivity contribution < 1.29 is 4.52 Å². The summed E-state index contributed by atoms with van der Waals surface area (Å²) < 4.78 is 5.32. The Kier molecular flexibility index (Phi) is 2.90. The van der Waals surface area contributed by atoms with Crippen molar-refractivity contribution >= 4 is 0 Å². The molecule has 3 atom stereocenters. The van der Waals surface area contributed by atoms with Gasteiger partial charge in [-0.15, -0.1) is 0 Å². The van der Waals surface area contributed by atoms with Crippen LogP contribution in [0, 0.1) is 11.8 Å². The predicted octanol–water partition coefficient (Wildman–Crippen LogP) is 2.25. The van der Waals surface area contributed by atoms with Crippen LogP contribution in [-0.2, 0) is 6.42 Å². The summed E-state index contributed by atoms with van der Waals surface area (Å²) in [5.74, 6) is 3.65. The third-order valence-corrected chi connectivity index (χ3v) is 4.18. The van der Waals surface area contributed by atoms with Crippen LogP contribution in [0.3, 0.4) is 0 Å². The van der Waals surface area contributed by atoms with E-state index in [1.54, 1.807) is 0 Å². The lowest BCUT2D eigenvalue weighted by molar-refractivity contribution is 0.356. The maximum atomic E-state index is 6.07. The molecule has 0 radical (unpaired) electrons. The molecule has 4 heteroatoms. The number of nitrogens with zero attached hydrogens (tertiary/aromatic N) is 2. The van der Waals surface area contributed by atoms with Crippen molar-refractivity contribution in [2.75, 3.05) is 0 Å². The van der Waals surface area contributed by atoms with Gasteiger partial charge in [0.2, 0.25) is 5.89 Å². The zero-order valence-corrected chi connectivity index (χ0v) is 10.4. The average Bonchev–Trinajstić information content (AvgIpc) is 2.92. The van der Waals surface area contributed by atoms with Crippen LogP contribution in [0.1, 0.15) is 56.7 Å². The van der Waals surface area contributed by atoms with E-state index in [9.17, 15) is 0 Å². The predicted molar refractivity (Wildman–Crippen MR) is 64.5 cm³/mol. The van der Waals surface area contributed by atoms with Crippen LogP contribution < -0.4 is 5.73 Å². The van der Waals surface area contributed by atoms with Crippen molar-refractivity contribution in [3.8, 4) is 0 Å². The van der Waals surface area contributed by atoms with Gasteiger partial charge in [0.1, 0.15) is 0 Å². The summed E-state index contributed by atoms with van der Waals surface area (Å²) in [7, 11) is 0. The molecule has 0 spiro atoms. The lowest BCUT2D eigenvalue weighted by Gasteiger charge is -2.05. The molecule has 2 aliphatic carbocycles. The van der Waals surface area contributed by atoms with Crippen LogP contribution >= 0.6 is 0 Å². The Bertz CT molecular complexity index is 386. The standard InChI is InChI=1S/C13H21N3O/c1-8-2-3-10(6-8)13-15-12(17-16-13)7-11(14)9-4-5-9/h8-11H,2-7,14H2,1H3. The second-order valence-corrected chi connectivity index (χ2v) is 5.87. The zero-order valence-electron chi connectivity index (χ0n) is 10.4. The molecule has 4 nitrogen and oxygen atoms in total. The number of hydrogen-bond donors (Lipinski definition) is 1. The van der Waals surface area contributed by atoms with Crippen LogP contribution in [0.15, 0.2) is 4.52 Å². The Morgan fingerprint density at radius 2 is 2.18 bits per heavy atom. The van der Waals surface area contributed by atoms with Crippen molar-refractivity contribution in [3.05, 3.63) is 11.7 Å². The first kappa shape index (κ1) is 11.2. The molecule has 0 bridgehead atoms. The maximum absolute atomic E-state index is 6.07. The van der Waals surface area contributed by atoms with Gasteiger partial charge < -0.3 is 10.3 Å². The molecule has 0 saturated heterocycles. The van der Waals surface area contributed by atoms with Crippen molar-refractivity contribution in [2.45, 2.75) is 57.4 Å². The second-order valence-electron chi connectivity index (χ2n) is 5.87. The minimum Gasteiger partial charge on any atom is -0.339 e. The first-order valence-electron chi connectivity index (χ1n) is 6.80. The molecule has 0 amide bonds. The molecule has 2 saturated carbocycles. The molecular weight excluding hydrogens is 214 g/mol. The van der Waals surface area contributed by atoms with Crippen LogP contribution in [0.5, 0.6) is 0 Å². The molecule has 2 aliphatic rings. The average molecular weight is 235 g/mol. The monoisotopic (exact) mass is 235 g/mol. The van der Waals surface area contributed by atoms with Gasteiger partial charge in [-0.05, 0) is 43.9 Å². The Labute approximate surface area is 102 Å². The molecular formula is C13H21N3O. The molecule has 0 aromatic carbocycles. The van der Waals surface area contributed by atoms with Gasteiger partial charge in [-0.3, -0.25) is 0 Å². The van der Waals surface area contributed by atoms with Gasteiger partial charge in [0.25, 0.3) is 0 Å². The van der Waals surface area contributed by atoms with Crippen LogP contribution in [0.2, 0.25) is 0 Å². The number of hydrogen-bond acceptors (Lipinski definition) is 4. The number of nitrogens with two attached hydrogens (primary N) is 1. The third kappa shape index (κ3) is 2.51. The highest BCUT2D eigenvalue weighted by Crippen LogP contribution is 2.37. The smallest absolute Gasteiger partial charge is 0.228 e. The summed E-state index contributed by atoms with van der Waals surface area (Å²) in [5.41, 5.74) is 6.07. The van der Waals surface area contributed by atoms with Gasteiger partial charge in [0, 0.05) is 18.4 Å². The third-order valence-electron chi connectivity index (χ3n) is 4.18. The first-order chi connectivity index (χ1) is 8.22. The minimum absolute atomic E-state index is 0.214. The van der Waals surface area contributed by atoms with Crippen molar-refractivity contribution in [1.82, 2.24) is 10.1 Å². The lowest BCUT2D eigenvalue weighted by Crippen LogP contribution is -2.25. The Hall–Kier alpha value is -0.900. The minimum atomic E-state index is 0.214. The van der Waals surface area contributed by atoms with E-state index < -0.39 is 0 Å². The highest BCUT2D eigenvalue weighted by Gasteiger charge is 2.31. The molecule has 1 aromatic rings. The van der Waals surface area contributed by atoms with Gasteiger partial charge in [-0.1, -0.05) is 12.1 Å².